The van der Waals surface area contributed by atoms with E-state index in [0.717, 1.165) is 11.3 Å². The van der Waals surface area contributed by atoms with Gasteiger partial charge in [0.15, 0.2) is 6.79 Å². The molecular formula is C12H19NO3. The first-order chi connectivity index (χ1) is 7.69. The molecule has 16 heavy (non-hydrogen) atoms. The molecule has 1 aromatic rings. The molecule has 2 N–H and O–H groups in total. The van der Waals surface area contributed by atoms with Crippen LogP contribution in [0, 0.1) is 0 Å². The van der Waals surface area contributed by atoms with Gasteiger partial charge in [0.05, 0.1) is 7.11 Å². The highest BCUT2D eigenvalue weighted by Crippen LogP contribution is 2.28. The van der Waals surface area contributed by atoms with E-state index in [2.05, 4.69) is 0 Å². The number of rotatable bonds is 6. The highest BCUT2D eigenvalue weighted by molar-refractivity contribution is 5.42. The maximum atomic E-state index is 5.85. The second-order valence-corrected chi connectivity index (χ2v) is 3.45. The van der Waals surface area contributed by atoms with Gasteiger partial charge < -0.3 is 19.9 Å². The summed E-state index contributed by atoms with van der Waals surface area (Å²) in [7, 11) is 1.62. The van der Waals surface area contributed by atoms with E-state index >= 15 is 0 Å². The zero-order valence-electron chi connectivity index (χ0n) is 10.0. The SMILES string of the molecule is CCOCOc1cc(OC)ccc1[C@H](C)N. The maximum absolute atomic E-state index is 5.85. The van der Waals surface area contributed by atoms with E-state index in [9.17, 15) is 0 Å². The van der Waals surface area contributed by atoms with Gasteiger partial charge in [0.1, 0.15) is 11.5 Å². The average Bonchev–Trinajstić information content (AvgIpc) is 2.29. The van der Waals surface area contributed by atoms with E-state index in [0.29, 0.717) is 12.4 Å². The standard InChI is InChI=1S/C12H19NO3/c1-4-15-8-16-12-7-10(14-3)5-6-11(12)9(2)13/h5-7,9H,4,8,13H2,1-3H3/t9-/m0/s1. The van der Waals surface area contributed by atoms with Crippen molar-refractivity contribution in [2.45, 2.75) is 19.9 Å². The topological polar surface area (TPSA) is 53.7 Å². The van der Waals surface area contributed by atoms with Gasteiger partial charge in [0.25, 0.3) is 0 Å². The summed E-state index contributed by atoms with van der Waals surface area (Å²) in [6, 6.07) is 5.51. The summed E-state index contributed by atoms with van der Waals surface area (Å²) < 4.78 is 15.8. The largest absolute Gasteiger partial charge is 0.497 e. The van der Waals surface area contributed by atoms with Crippen LogP contribution in [0.25, 0.3) is 0 Å². The number of benzene rings is 1. The zero-order chi connectivity index (χ0) is 12.0. The first-order valence-corrected chi connectivity index (χ1v) is 5.33. The van der Waals surface area contributed by atoms with E-state index in [1.54, 1.807) is 7.11 Å². The molecule has 0 aliphatic carbocycles. The summed E-state index contributed by atoms with van der Waals surface area (Å²) in [4.78, 5) is 0. The Kier molecular flexibility index (Phi) is 5.08. The Hall–Kier alpha value is -1.26. The fourth-order valence-electron chi connectivity index (χ4n) is 1.33. The van der Waals surface area contributed by atoms with Crippen molar-refractivity contribution in [1.29, 1.82) is 0 Å². The molecule has 0 radical (unpaired) electrons. The summed E-state index contributed by atoms with van der Waals surface area (Å²) in [5.41, 5.74) is 6.79. The number of hydrogen-bond acceptors (Lipinski definition) is 4. The minimum atomic E-state index is -0.0810. The van der Waals surface area contributed by atoms with E-state index in [-0.39, 0.29) is 12.8 Å². The Morgan fingerprint density at radius 2 is 2.12 bits per heavy atom. The summed E-state index contributed by atoms with van der Waals surface area (Å²) in [5, 5.41) is 0. The van der Waals surface area contributed by atoms with Gasteiger partial charge in [-0.25, -0.2) is 0 Å². The molecule has 4 nitrogen and oxygen atoms in total. The molecule has 0 spiro atoms. The molecule has 1 aromatic carbocycles. The molecular weight excluding hydrogens is 206 g/mol. The first-order valence-electron chi connectivity index (χ1n) is 5.33. The molecule has 0 amide bonds. The third-order valence-electron chi connectivity index (χ3n) is 2.21. The van der Waals surface area contributed by atoms with Crippen LogP contribution >= 0.6 is 0 Å². The molecule has 0 saturated carbocycles. The number of nitrogens with two attached hydrogens (primary N) is 1. The number of ether oxygens (including phenoxy) is 3. The summed E-state index contributed by atoms with van der Waals surface area (Å²) >= 11 is 0. The van der Waals surface area contributed by atoms with Gasteiger partial charge in [-0.15, -0.1) is 0 Å². The van der Waals surface area contributed by atoms with E-state index < -0.39 is 0 Å². The van der Waals surface area contributed by atoms with Gasteiger partial charge in [-0.3, -0.25) is 0 Å². The van der Waals surface area contributed by atoms with Crippen molar-refractivity contribution in [2.75, 3.05) is 20.5 Å². The third kappa shape index (κ3) is 3.40. The van der Waals surface area contributed by atoms with Gasteiger partial charge in [-0.2, -0.15) is 0 Å². The third-order valence-corrected chi connectivity index (χ3v) is 2.21. The van der Waals surface area contributed by atoms with Crippen LogP contribution in [0.5, 0.6) is 11.5 Å². The van der Waals surface area contributed by atoms with Crippen molar-refractivity contribution in [2.24, 2.45) is 5.73 Å². The number of methoxy groups -OCH3 is 1. The van der Waals surface area contributed by atoms with Crippen molar-refractivity contribution >= 4 is 0 Å². The Balaban J connectivity index is 2.83. The second-order valence-electron chi connectivity index (χ2n) is 3.45. The lowest BCUT2D eigenvalue weighted by molar-refractivity contribution is 0.0216. The Bertz CT molecular complexity index is 326. The van der Waals surface area contributed by atoms with Crippen LogP contribution in [-0.2, 0) is 4.74 Å². The minimum Gasteiger partial charge on any atom is -0.497 e. The van der Waals surface area contributed by atoms with Gasteiger partial charge in [-0.05, 0) is 19.9 Å². The van der Waals surface area contributed by atoms with Crippen molar-refractivity contribution in [3.63, 3.8) is 0 Å². The molecule has 0 fully saturated rings. The van der Waals surface area contributed by atoms with E-state index in [1.807, 2.05) is 32.0 Å². The molecule has 0 unspecified atom stereocenters. The van der Waals surface area contributed by atoms with Gasteiger partial charge >= 0.3 is 0 Å². The van der Waals surface area contributed by atoms with E-state index in [4.69, 9.17) is 19.9 Å². The lowest BCUT2D eigenvalue weighted by Gasteiger charge is -2.14. The van der Waals surface area contributed by atoms with Gasteiger partial charge in [0, 0.05) is 24.3 Å². The van der Waals surface area contributed by atoms with Crippen LogP contribution in [0.15, 0.2) is 18.2 Å². The highest BCUT2D eigenvalue weighted by atomic mass is 16.7. The Labute approximate surface area is 96.3 Å². The van der Waals surface area contributed by atoms with Gasteiger partial charge in [0.2, 0.25) is 0 Å². The molecule has 0 aromatic heterocycles. The molecule has 0 heterocycles. The van der Waals surface area contributed by atoms with Crippen LogP contribution in [0.4, 0.5) is 0 Å². The molecule has 4 heteroatoms. The van der Waals surface area contributed by atoms with Crippen LogP contribution < -0.4 is 15.2 Å². The molecule has 0 aliphatic rings. The Morgan fingerprint density at radius 1 is 1.38 bits per heavy atom. The Morgan fingerprint density at radius 3 is 2.69 bits per heavy atom. The fraction of sp³-hybridized carbons (Fsp3) is 0.500. The zero-order valence-corrected chi connectivity index (χ0v) is 10.0. The normalized spacial score (nSPS) is 12.2. The van der Waals surface area contributed by atoms with Crippen molar-refractivity contribution < 1.29 is 14.2 Å². The average molecular weight is 225 g/mol. The molecule has 0 bridgehead atoms. The van der Waals surface area contributed by atoms with Crippen LogP contribution in [0.3, 0.4) is 0 Å². The minimum absolute atomic E-state index is 0.0810. The fourth-order valence-corrected chi connectivity index (χ4v) is 1.33. The summed E-state index contributed by atoms with van der Waals surface area (Å²) in [5.74, 6) is 1.46. The first kappa shape index (κ1) is 12.8. The summed E-state index contributed by atoms with van der Waals surface area (Å²) in [6.07, 6.45) is 0. The molecule has 1 rings (SSSR count). The lowest BCUT2D eigenvalue weighted by Crippen LogP contribution is -2.10. The molecule has 90 valence electrons. The molecule has 0 saturated heterocycles. The molecule has 1 atom stereocenters. The van der Waals surface area contributed by atoms with Crippen molar-refractivity contribution in [3.05, 3.63) is 23.8 Å². The monoisotopic (exact) mass is 225 g/mol. The quantitative estimate of drug-likeness (QED) is 0.595. The van der Waals surface area contributed by atoms with Crippen molar-refractivity contribution in [3.8, 4) is 11.5 Å². The maximum Gasteiger partial charge on any atom is 0.189 e. The highest BCUT2D eigenvalue weighted by Gasteiger charge is 2.09. The predicted molar refractivity (Wildman–Crippen MR) is 62.7 cm³/mol. The van der Waals surface area contributed by atoms with Crippen LogP contribution in [0.2, 0.25) is 0 Å². The smallest absolute Gasteiger partial charge is 0.189 e. The second kappa shape index (κ2) is 6.35. The predicted octanol–water partition coefficient (Wildman–Crippen LogP) is 2.09. The number of hydrogen-bond donors (Lipinski definition) is 1. The van der Waals surface area contributed by atoms with E-state index in [1.165, 1.54) is 0 Å². The molecule has 0 aliphatic heterocycles. The van der Waals surface area contributed by atoms with Crippen LogP contribution in [0.1, 0.15) is 25.5 Å². The van der Waals surface area contributed by atoms with Gasteiger partial charge in [-0.1, -0.05) is 6.07 Å². The van der Waals surface area contributed by atoms with Crippen molar-refractivity contribution in [1.82, 2.24) is 0 Å². The van der Waals surface area contributed by atoms with Crippen LogP contribution in [-0.4, -0.2) is 20.5 Å². The lowest BCUT2D eigenvalue weighted by atomic mass is 10.1. The summed E-state index contributed by atoms with van der Waals surface area (Å²) in [6.45, 7) is 4.68.